The first-order chi connectivity index (χ1) is 8.69. The lowest BCUT2D eigenvalue weighted by atomic mass is 10.0. The number of anilines is 1. The molecule has 1 fully saturated rings. The molecule has 0 radical (unpaired) electrons. The van der Waals surface area contributed by atoms with E-state index in [1.54, 1.807) is 12.5 Å². The van der Waals surface area contributed by atoms with Crippen LogP contribution in [0.1, 0.15) is 19.6 Å². The molecular formula is C11H15N5O2. The molecule has 0 spiro atoms. The molecule has 2 aromatic heterocycles. The SMILES string of the molecule is CC1CC(n2cnc3cnc(N)nc32)OC1CO. The topological polar surface area (TPSA) is 99.1 Å². The molecule has 1 aliphatic rings. The van der Waals surface area contributed by atoms with Crippen LogP contribution < -0.4 is 5.73 Å². The highest BCUT2D eigenvalue weighted by atomic mass is 16.5. The van der Waals surface area contributed by atoms with E-state index < -0.39 is 0 Å². The largest absolute Gasteiger partial charge is 0.394 e. The van der Waals surface area contributed by atoms with Crippen LogP contribution in [0.25, 0.3) is 11.2 Å². The van der Waals surface area contributed by atoms with Crippen LogP contribution in [0.5, 0.6) is 0 Å². The number of nitrogen functional groups attached to an aromatic ring is 1. The van der Waals surface area contributed by atoms with E-state index in [-0.39, 0.29) is 24.9 Å². The zero-order chi connectivity index (χ0) is 12.7. The maximum Gasteiger partial charge on any atom is 0.222 e. The maximum absolute atomic E-state index is 9.21. The number of aliphatic hydroxyl groups excluding tert-OH is 1. The number of nitrogens with two attached hydrogens (primary N) is 1. The Kier molecular flexibility index (Phi) is 2.64. The molecule has 96 valence electrons. The molecule has 1 aliphatic heterocycles. The van der Waals surface area contributed by atoms with Crippen LogP contribution in [-0.4, -0.2) is 37.3 Å². The van der Waals surface area contributed by atoms with Gasteiger partial charge in [0.25, 0.3) is 0 Å². The molecule has 3 heterocycles. The zero-order valence-electron chi connectivity index (χ0n) is 10.0. The number of aromatic nitrogens is 4. The fraction of sp³-hybridized carbons (Fsp3) is 0.545. The molecule has 0 aromatic carbocycles. The number of fused-ring (bicyclic) bond motifs is 1. The minimum Gasteiger partial charge on any atom is -0.394 e. The van der Waals surface area contributed by atoms with Gasteiger partial charge < -0.3 is 15.6 Å². The first-order valence-corrected chi connectivity index (χ1v) is 5.90. The quantitative estimate of drug-likeness (QED) is 0.795. The Hall–Kier alpha value is -1.73. The van der Waals surface area contributed by atoms with Crippen LogP contribution in [0.15, 0.2) is 12.5 Å². The van der Waals surface area contributed by atoms with Gasteiger partial charge in [-0.3, -0.25) is 4.57 Å². The van der Waals surface area contributed by atoms with Crippen LogP contribution in [0.3, 0.4) is 0 Å². The van der Waals surface area contributed by atoms with E-state index >= 15 is 0 Å². The molecule has 3 N–H and O–H groups in total. The van der Waals surface area contributed by atoms with Crippen molar-refractivity contribution in [2.75, 3.05) is 12.3 Å². The Morgan fingerprint density at radius 3 is 3.11 bits per heavy atom. The summed E-state index contributed by atoms with van der Waals surface area (Å²) in [6, 6.07) is 0. The second-order valence-corrected chi connectivity index (χ2v) is 4.61. The summed E-state index contributed by atoms with van der Waals surface area (Å²) in [5.41, 5.74) is 6.94. The molecule has 0 saturated carbocycles. The number of hydrogen-bond acceptors (Lipinski definition) is 6. The van der Waals surface area contributed by atoms with E-state index in [0.29, 0.717) is 17.1 Å². The summed E-state index contributed by atoms with van der Waals surface area (Å²) in [6.07, 6.45) is 3.80. The van der Waals surface area contributed by atoms with Crippen molar-refractivity contribution < 1.29 is 9.84 Å². The van der Waals surface area contributed by atoms with Crippen molar-refractivity contribution in [2.45, 2.75) is 25.7 Å². The van der Waals surface area contributed by atoms with Gasteiger partial charge in [-0.15, -0.1) is 0 Å². The van der Waals surface area contributed by atoms with Crippen LogP contribution in [-0.2, 0) is 4.74 Å². The van der Waals surface area contributed by atoms with Gasteiger partial charge in [-0.25, -0.2) is 9.97 Å². The van der Waals surface area contributed by atoms with E-state index in [1.165, 1.54) is 0 Å². The van der Waals surface area contributed by atoms with Gasteiger partial charge in [0.15, 0.2) is 5.65 Å². The van der Waals surface area contributed by atoms with Crippen LogP contribution in [0.4, 0.5) is 5.95 Å². The molecule has 7 heteroatoms. The molecule has 0 aliphatic carbocycles. The molecular weight excluding hydrogens is 234 g/mol. The minimum absolute atomic E-state index is 0.0292. The van der Waals surface area contributed by atoms with E-state index in [1.807, 2.05) is 4.57 Å². The van der Waals surface area contributed by atoms with Crippen LogP contribution in [0, 0.1) is 5.92 Å². The lowest BCUT2D eigenvalue weighted by Crippen LogP contribution is -2.18. The van der Waals surface area contributed by atoms with Gasteiger partial charge in [0.1, 0.15) is 11.7 Å². The Bertz CT molecular complexity index is 570. The number of aliphatic hydroxyl groups is 1. The van der Waals surface area contributed by atoms with Crippen molar-refractivity contribution in [1.82, 2.24) is 19.5 Å². The molecule has 2 aromatic rings. The maximum atomic E-state index is 9.21. The molecule has 7 nitrogen and oxygen atoms in total. The molecule has 0 amide bonds. The number of rotatable bonds is 2. The average Bonchev–Trinajstić information content (AvgIpc) is 2.91. The third-order valence-corrected chi connectivity index (χ3v) is 3.36. The lowest BCUT2D eigenvalue weighted by Gasteiger charge is -2.13. The molecule has 3 rings (SSSR count). The first-order valence-electron chi connectivity index (χ1n) is 5.90. The number of hydrogen-bond donors (Lipinski definition) is 2. The van der Waals surface area contributed by atoms with E-state index in [4.69, 9.17) is 10.5 Å². The van der Waals surface area contributed by atoms with Gasteiger partial charge in [0.05, 0.1) is 25.2 Å². The Labute approximate surface area is 104 Å². The van der Waals surface area contributed by atoms with Crippen molar-refractivity contribution in [3.8, 4) is 0 Å². The average molecular weight is 249 g/mol. The third-order valence-electron chi connectivity index (χ3n) is 3.36. The van der Waals surface area contributed by atoms with Crippen LogP contribution >= 0.6 is 0 Å². The Morgan fingerprint density at radius 2 is 2.39 bits per heavy atom. The molecule has 18 heavy (non-hydrogen) atoms. The summed E-state index contributed by atoms with van der Waals surface area (Å²) < 4.78 is 7.63. The van der Waals surface area contributed by atoms with E-state index in [2.05, 4.69) is 21.9 Å². The summed E-state index contributed by atoms with van der Waals surface area (Å²) >= 11 is 0. The fourth-order valence-electron chi connectivity index (χ4n) is 2.31. The summed E-state index contributed by atoms with van der Waals surface area (Å²) in [5.74, 6) is 0.519. The predicted octanol–water partition coefficient (Wildman–Crippen LogP) is 0.324. The minimum atomic E-state index is -0.156. The second-order valence-electron chi connectivity index (χ2n) is 4.61. The smallest absolute Gasteiger partial charge is 0.222 e. The summed E-state index contributed by atoms with van der Waals surface area (Å²) in [6.45, 7) is 2.09. The van der Waals surface area contributed by atoms with Crippen molar-refractivity contribution in [2.24, 2.45) is 5.92 Å². The van der Waals surface area contributed by atoms with Crippen LogP contribution in [0.2, 0.25) is 0 Å². The molecule has 3 atom stereocenters. The Morgan fingerprint density at radius 1 is 1.56 bits per heavy atom. The van der Waals surface area contributed by atoms with Crippen molar-refractivity contribution in [1.29, 1.82) is 0 Å². The monoisotopic (exact) mass is 249 g/mol. The Balaban J connectivity index is 1.98. The summed E-state index contributed by atoms with van der Waals surface area (Å²) in [4.78, 5) is 12.3. The highest BCUT2D eigenvalue weighted by Gasteiger charge is 2.33. The number of ether oxygens (including phenoxy) is 1. The lowest BCUT2D eigenvalue weighted by molar-refractivity contribution is -0.0277. The second kappa shape index (κ2) is 4.18. The highest BCUT2D eigenvalue weighted by molar-refractivity contribution is 5.70. The van der Waals surface area contributed by atoms with Gasteiger partial charge in [-0.05, 0) is 12.3 Å². The first kappa shape index (κ1) is 11.4. The zero-order valence-corrected chi connectivity index (χ0v) is 10.0. The van der Waals surface area contributed by atoms with E-state index in [9.17, 15) is 5.11 Å². The van der Waals surface area contributed by atoms with Crippen molar-refractivity contribution >= 4 is 17.1 Å². The third kappa shape index (κ3) is 1.72. The predicted molar refractivity (Wildman–Crippen MR) is 64.5 cm³/mol. The summed E-state index contributed by atoms with van der Waals surface area (Å²) in [7, 11) is 0. The fourth-order valence-corrected chi connectivity index (χ4v) is 2.31. The number of imidazole rings is 1. The molecule has 1 saturated heterocycles. The van der Waals surface area contributed by atoms with E-state index in [0.717, 1.165) is 6.42 Å². The number of nitrogens with zero attached hydrogens (tertiary/aromatic N) is 4. The standard InChI is InChI=1S/C11H15N5O2/c1-6-2-9(18-8(6)4-17)16-5-14-7-3-13-11(12)15-10(7)16/h3,5-6,8-9,17H,2,4H2,1H3,(H2,12,13,15). The van der Waals surface area contributed by atoms with Gasteiger partial charge in [0.2, 0.25) is 5.95 Å². The van der Waals surface area contributed by atoms with Gasteiger partial charge in [0, 0.05) is 0 Å². The highest BCUT2D eigenvalue weighted by Crippen LogP contribution is 2.34. The van der Waals surface area contributed by atoms with Gasteiger partial charge >= 0.3 is 0 Å². The molecule has 0 bridgehead atoms. The van der Waals surface area contributed by atoms with Crippen molar-refractivity contribution in [3.05, 3.63) is 12.5 Å². The van der Waals surface area contributed by atoms with Gasteiger partial charge in [-0.2, -0.15) is 4.98 Å². The molecule has 3 unspecified atom stereocenters. The van der Waals surface area contributed by atoms with Gasteiger partial charge in [-0.1, -0.05) is 6.92 Å². The normalized spacial score (nSPS) is 28.0. The van der Waals surface area contributed by atoms with Crippen molar-refractivity contribution in [3.63, 3.8) is 0 Å². The summed E-state index contributed by atoms with van der Waals surface area (Å²) in [5, 5.41) is 9.21.